The van der Waals surface area contributed by atoms with Gasteiger partial charge < -0.3 is 5.11 Å². The van der Waals surface area contributed by atoms with Gasteiger partial charge in [0.1, 0.15) is 11.3 Å². The molecule has 1 aliphatic heterocycles. The fourth-order valence-corrected chi connectivity index (χ4v) is 2.68. The number of hydrogen-bond acceptors (Lipinski definition) is 4. The zero-order chi connectivity index (χ0) is 15.8. The summed E-state index contributed by atoms with van der Waals surface area (Å²) in [5, 5.41) is 9.23. The molecule has 110 valence electrons. The first-order valence-corrected chi connectivity index (χ1v) is 6.57. The molecular formula is C14H9F3O3S. The Morgan fingerprint density at radius 2 is 1.81 bits per heavy atom. The maximum absolute atomic E-state index is 12.4. The lowest BCUT2D eigenvalue weighted by Gasteiger charge is -2.06. The number of halogens is 3. The number of thioether (sulfide) groups is 1. The highest BCUT2D eigenvalue weighted by atomic mass is 32.2. The van der Waals surface area contributed by atoms with E-state index in [2.05, 4.69) is 0 Å². The number of Topliss-reactive ketones (excluding diaryl/α,β-unsaturated/α-hetero) is 1. The van der Waals surface area contributed by atoms with Gasteiger partial charge in [-0.3, -0.25) is 9.59 Å². The highest BCUT2D eigenvalue weighted by molar-refractivity contribution is 8.18. The smallest absolute Gasteiger partial charge is 0.416 e. The molecule has 0 amide bonds. The van der Waals surface area contributed by atoms with Crippen LogP contribution in [0.5, 0.6) is 0 Å². The van der Waals surface area contributed by atoms with Gasteiger partial charge in [0.2, 0.25) is 5.12 Å². The van der Waals surface area contributed by atoms with E-state index in [0.717, 1.165) is 19.1 Å². The van der Waals surface area contributed by atoms with Crippen molar-refractivity contribution in [1.82, 2.24) is 0 Å². The maximum Gasteiger partial charge on any atom is 0.416 e. The lowest BCUT2D eigenvalue weighted by atomic mass is 10.1. The molecule has 0 aromatic heterocycles. The maximum atomic E-state index is 12.4. The Kier molecular flexibility index (Phi) is 3.95. The molecule has 0 unspecified atom stereocenters. The number of aliphatic hydroxyl groups excluding tert-OH is 1. The average molecular weight is 314 g/mol. The summed E-state index contributed by atoms with van der Waals surface area (Å²) in [6.45, 7) is 1.16. The highest BCUT2D eigenvalue weighted by Gasteiger charge is 2.32. The number of rotatable bonds is 2. The number of alkyl halides is 3. The van der Waals surface area contributed by atoms with Crippen molar-refractivity contribution < 1.29 is 27.9 Å². The second kappa shape index (κ2) is 5.40. The largest absolute Gasteiger partial charge is 0.506 e. The summed E-state index contributed by atoms with van der Waals surface area (Å²) in [7, 11) is 0. The zero-order valence-electron chi connectivity index (χ0n) is 10.7. The quantitative estimate of drug-likeness (QED) is 0.845. The second-order valence-electron chi connectivity index (χ2n) is 4.30. The van der Waals surface area contributed by atoms with Crippen LogP contribution in [0.4, 0.5) is 13.2 Å². The monoisotopic (exact) mass is 314 g/mol. The topological polar surface area (TPSA) is 54.4 Å². The highest BCUT2D eigenvalue weighted by Crippen LogP contribution is 2.38. The van der Waals surface area contributed by atoms with Gasteiger partial charge in [-0.05, 0) is 42.5 Å². The SMILES string of the molecule is CC(=O)C1=C(O)/C(=C/c2ccc(C(F)(F)F)cc2)SC1=O. The fraction of sp³-hybridized carbons (Fsp3) is 0.143. The van der Waals surface area contributed by atoms with E-state index in [1.165, 1.54) is 18.2 Å². The number of hydrogen-bond donors (Lipinski definition) is 1. The first kappa shape index (κ1) is 15.4. The second-order valence-corrected chi connectivity index (χ2v) is 5.31. The first-order chi connectivity index (χ1) is 9.70. The summed E-state index contributed by atoms with van der Waals surface area (Å²) < 4.78 is 37.3. The molecule has 0 fully saturated rings. The van der Waals surface area contributed by atoms with Crippen LogP contribution in [0.3, 0.4) is 0 Å². The molecule has 1 aromatic rings. The number of ketones is 1. The molecule has 1 aliphatic rings. The summed E-state index contributed by atoms with van der Waals surface area (Å²) in [4.78, 5) is 22.9. The normalized spacial score (nSPS) is 17.7. The van der Waals surface area contributed by atoms with E-state index in [1.807, 2.05) is 0 Å². The number of carbonyl (C=O) groups excluding carboxylic acids is 2. The van der Waals surface area contributed by atoms with Gasteiger partial charge in [0.05, 0.1) is 10.5 Å². The third-order valence-electron chi connectivity index (χ3n) is 2.76. The van der Waals surface area contributed by atoms with E-state index in [1.54, 1.807) is 0 Å². The molecule has 3 nitrogen and oxygen atoms in total. The van der Waals surface area contributed by atoms with Crippen LogP contribution in [-0.4, -0.2) is 16.0 Å². The number of benzene rings is 1. The summed E-state index contributed by atoms with van der Waals surface area (Å²) in [5.41, 5.74) is -0.697. The van der Waals surface area contributed by atoms with Gasteiger partial charge >= 0.3 is 6.18 Å². The summed E-state index contributed by atoms with van der Waals surface area (Å²) in [6.07, 6.45) is -3.07. The third kappa shape index (κ3) is 3.18. The van der Waals surface area contributed by atoms with Gasteiger partial charge in [-0.25, -0.2) is 0 Å². The molecule has 2 rings (SSSR count). The molecule has 1 heterocycles. The van der Waals surface area contributed by atoms with Crippen molar-refractivity contribution >= 4 is 28.7 Å². The van der Waals surface area contributed by atoms with E-state index in [9.17, 15) is 27.9 Å². The first-order valence-electron chi connectivity index (χ1n) is 5.76. The van der Waals surface area contributed by atoms with Crippen LogP contribution in [0.25, 0.3) is 6.08 Å². The minimum Gasteiger partial charge on any atom is -0.506 e. The van der Waals surface area contributed by atoms with Crippen molar-refractivity contribution in [2.75, 3.05) is 0 Å². The average Bonchev–Trinajstić information content (AvgIpc) is 2.64. The molecule has 0 spiro atoms. The standard InChI is InChI=1S/C14H9F3O3S/c1-7(18)11-12(19)10(21-13(11)20)6-8-2-4-9(5-3-8)14(15,16)17/h2-6,19H,1H3/b10-6-. The van der Waals surface area contributed by atoms with Crippen molar-refractivity contribution in [3.05, 3.63) is 51.6 Å². The van der Waals surface area contributed by atoms with Crippen LogP contribution in [0.1, 0.15) is 18.1 Å². The summed E-state index contributed by atoms with van der Waals surface area (Å²) in [6, 6.07) is 4.25. The van der Waals surface area contributed by atoms with E-state index in [0.29, 0.717) is 17.3 Å². The Morgan fingerprint density at radius 1 is 1.24 bits per heavy atom. The zero-order valence-corrected chi connectivity index (χ0v) is 11.5. The lowest BCUT2D eigenvalue weighted by molar-refractivity contribution is -0.137. The molecule has 1 aromatic carbocycles. The van der Waals surface area contributed by atoms with Gasteiger partial charge in [-0.15, -0.1) is 0 Å². The molecule has 0 saturated heterocycles. The molecule has 0 saturated carbocycles. The number of aliphatic hydroxyl groups is 1. The van der Waals surface area contributed by atoms with Crippen molar-refractivity contribution in [3.63, 3.8) is 0 Å². The van der Waals surface area contributed by atoms with Crippen LogP contribution >= 0.6 is 11.8 Å². The van der Waals surface area contributed by atoms with Crippen molar-refractivity contribution in [1.29, 1.82) is 0 Å². The number of carbonyl (C=O) groups is 2. The van der Waals surface area contributed by atoms with E-state index < -0.39 is 28.4 Å². The van der Waals surface area contributed by atoms with E-state index in [-0.39, 0.29) is 10.5 Å². The molecule has 1 N–H and O–H groups in total. The van der Waals surface area contributed by atoms with Crippen LogP contribution in [0.15, 0.2) is 40.5 Å². The van der Waals surface area contributed by atoms with Crippen LogP contribution in [0, 0.1) is 0 Å². The van der Waals surface area contributed by atoms with Crippen molar-refractivity contribution in [2.24, 2.45) is 0 Å². The molecule has 7 heteroatoms. The molecular weight excluding hydrogens is 305 g/mol. The minimum atomic E-state index is -4.42. The Bertz CT molecular complexity index is 670. The van der Waals surface area contributed by atoms with Crippen LogP contribution < -0.4 is 0 Å². The van der Waals surface area contributed by atoms with Gasteiger partial charge in [0.25, 0.3) is 0 Å². The third-order valence-corrected chi connectivity index (χ3v) is 3.69. The van der Waals surface area contributed by atoms with Gasteiger partial charge in [-0.2, -0.15) is 13.2 Å². The predicted octanol–water partition coefficient (Wildman–Crippen LogP) is 3.72. The van der Waals surface area contributed by atoms with Gasteiger partial charge in [0, 0.05) is 0 Å². The summed E-state index contributed by atoms with van der Waals surface area (Å²) in [5.74, 6) is -0.988. The molecule has 21 heavy (non-hydrogen) atoms. The predicted molar refractivity (Wildman–Crippen MR) is 72.4 cm³/mol. The Balaban J connectivity index is 2.34. The van der Waals surface area contributed by atoms with E-state index >= 15 is 0 Å². The Morgan fingerprint density at radius 3 is 2.24 bits per heavy atom. The van der Waals surface area contributed by atoms with Crippen molar-refractivity contribution in [3.8, 4) is 0 Å². The lowest BCUT2D eigenvalue weighted by Crippen LogP contribution is -2.04. The Hall–Kier alpha value is -2.02. The molecule has 0 aliphatic carbocycles. The van der Waals surface area contributed by atoms with Gasteiger partial charge in [0.15, 0.2) is 5.78 Å². The van der Waals surface area contributed by atoms with Crippen molar-refractivity contribution in [2.45, 2.75) is 13.1 Å². The van der Waals surface area contributed by atoms with Crippen LogP contribution in [-0.2, 0) is 15.8 Å². The molecule has 0 radical (unpaired) electrons. The molecule has 0 atom stereocenters. The van der Waals surface area contributed by atoms with Gasteiger partial charge in [-0.1, -0.05) is 12.1 Å². The van der Waals surface area contributed by atoms with Crippen LogP contribution in [0.2, 0.25) is 0 Å². The van der Waals surface area contributed by atoms with E-state index in [4.69, 9.17) is 0 Å². The minimum absolute atomic E-state index is 0.143. The fourth-order valence-electron chi connectivity index (χ4n) is 1.75. The molecule has 0 bridgehead atoms. The Labute approximate surface area is 122 Å². The summed E-state index contributed by atoms with van der Waals surface area (Å²) >= 11 is 0.670.